The van der Waals surface area contributed by atoms with Crippen LogP contribution in [0.15, 0.2) is 18.2 Å². The molecule has 0 radical (unpaired) electrons. The third-order valence-corrected chi connectivity index (χ3v) is 3.89. The van der Waals surface area contributed by atoms with Gasteiger partial charge in [0.15, 0.2) is 0 Å². The number of anilines is 2. The average molecular weight is 261 g/mol. The molecular weight excluding hydrogens is 238 g/mol. The van der Waals surface area contributed by atoms with Gasteiger partial charge in [0, 0.05) is 24.5 Å². The number of hydrogen-bond donors (Lipinski definition) is 3. The van der Waals surface area contributed by atoms with Crippen molar-refractivity contribution in [2.75, 3.05) is 24.1 Å². The van der Waals surface area contributed by atoms with E-state index in [9.17, 15) is 4.79 Å². The predicted octanol–water partition coefficient (Wildman–Crippen LogP) is 2.62. The molecule has 1 aromatic carbocycles. The summed E-state index contributed by atoms with van der Waals surface area (Å²) in [7, 11) is 0. The molecule has 2 rings (SSSR count). The van der Waals surface area contributed by atoms with E-state index in [1.165, 1.54) is 19.3 Å². The number of carbonyl (C=O) groups is 1. The first-order chi connectivity index (χ1) is 9.04. The second-order valence-electron chi connectivity index (χ2n) is 5.68. The Hall–Kier alpha value is -1.71. The minimum absolute atomic E-state index is 0.0521. The molecule has 4 N–H and O–H groups in total. The van der Waals surface area contributed by atoms with Crippen LogP contribution in [-0.2, 0) is 0 Å². The van der Waals surface area contributed by atoms with E-state index in [0.717, 1.165) is 12.2 Å². The Bertz CT molecular complexity index is 466. The van der Waals surface area contributed by atoms with E-state index in [1.54, 1.807) is 12.1 Å². The van der Waals surface area contributed by atoms with Crippen LogP contribution in [0.5, 0.6) is 0 Å². The number of nitrogen functional groups attached to an aromatic ring is 1. The van der Waals surface area contributed by atoms with E-state index in [4.69, 9.17) is 5.73 Å². The minimum atomic E-state index is -0.0521. The molecule has 0 heterocycles. The Balaban J connectivity index is 2.12. The lowest BCUT2D eigenvalue weighted by Gasteiger charge is -2.38. The van der Waals surface area contributed by atoms with Gasteiger partial charge in [-0.15, -0.1) is 0 Å². The summed E-state index contributed by atoms with van der Waals surface area (Å²) in [6.45, 7) is 5.71. The molecule has 4 nitrogen and oxygen atoms in total. The number of rotatable bonds is 5. The van der Waals surface area contributed by atoms with Crippen LogP contribution in [0, 0.1) is 5.41 Å². The summed E-state index contributed by atoms with van der Waals surface area (Å²) in [5.74, 6) is -0.0521. The Kier molecular flexibility index (Phi) is 3.98. The molecule has 1 aliphatic carbocycles. The number of nitrogens with two attached hydrogens (primary N) is 1. The SMILES string of the molecule is CCNC(=O)c1ccc(N)cc1NCC1(C)CCC1. The van der Waals surface area contributed by atoms with Crippen LogP contribution >= 0.6 is 0 Å². The highest BCUT2D eigenvalue weighted by molar-refractivity contribution is 6.00. The Morgan fingerprint density at radius 2 is 2.16 bits per heavy atom. The molecule has 0 aromatic heterocycles. The summed E-state index contributed by atoms with van der Waals surface area (Å²) in [5.41, 5.74) is 8.35. The molecule has 1 saturated carbocycles. The highest BCUT2D eigenvalue weighted by Crippen LogP contribution is 2.40. The predicted molar refractivity (Wildman–Crippen MR) is 79.3 cm³/mol. The maximum Gasteiger partial charge on any atom is 0.253 e. The monoisotopic (exact) mass is 261 g/mol. The lowest BCUT2D eigenvalue weighted by Crippen LogP contribution is -2.34. The van der Waals surface area contributed by atoms with Crippen LogP contribution in [-0.4, -0.2) is 19.0 Å². The molecule has 0 unspecified atom stereocenters. The van der Waals surface area contributed by atoms with Crippen LogP contribution in [0.25, 0.3) is 0 Å². The van der Waals surface area contributed by atoms with E-state index in [2.05, 4.69) is 17.6 Å². The van der Waals surface area contributed by atoms with Crippen molar-refractivity contribution in [1.82, 2.24) is 5.32 Å². The molecule has 0 spiro atoms. The van der Waals surface area contributed by atoms with Gasteiger partial charge >= 0.3 is 0 Å². The van der Waals surface area contributed by atoms with Gasteiger partial charge in [0.25, 0.3) is 5.91 Å². The molecule has 0 aliphatic heterocycles. The van der Waals surface area contributed by atoms with Crippen molar-refractivity contribution in [2.45, 2.75) is 33.1 Å². The summed E-state index contributed by atoms with van der Waals surface area (Å²) in [5, 5.41) is 6.22. The highest BCUT2D eigenvalue weighted by atomic mass is 16.1. The van der Waals surface area contributed by atoms with E-state index in [-0.39, 0.29) is 5.91 Å². The molecule has 1 aliphatic rings. The first kappa shape index (κ1) is 13.7. The van der Waals surface area contributed by atoms with E-state index >= 15 is 0 Å². The first-order valence-electron chi connectivity index (χ1n) is 6.96. The number of nitrogens with one attached hydrogen (secondary N) is 2. The summed E-state index contributed by atoms with van der Waals surface area (Å²) in [4.78, 5) is 12.0. The van der Waals surface area contributed by atoms with Gasteiger partial charge in [0.2, 0.25) is 0 Å². The van der Waals surface area contributed by atoms with E-state index in [1.807, 2.05) is 13.0 Å². The van der Waals surface area contributed by atoms with Gasteiger partial charge in [-0.2, -0.15) is 0 Å². The summed E-state index contributed by atoms with van der Waals surface area (Å²) < 4.78 is 0. The molecule has 19 heavy (non-hydrogen) atoms. The number of carbonyl (C=O) groups excluding carboxylic acids is 1. The third kappa shape index (κ3) is 3.19. The number of hydrogen-bond acceptors (Lipinski definition) is 3. The van der Waals surface area contributed by atoms with Crippen LogP contribution in [0.3, 0.4) is 0 Å². The molecule has 0 bridgehead atoms. The summed E-state index contributed by atoms with van der Waals surface area (Å²) >= 11 is 0. The van der Waals surface area contributed by atoms with Crippen molar-refractivity contribution in [2.24, 2.45) is 5.41 Å². The smallest absolute Gasteiger partial charge is 0.253 e. The fourth-order valence-corrected chi connectivity index (χ4v) is 2.43. The van der Waals surface area contributed by atoms with Crippen LogP contribution < -0.4 is 16.4 Å². The molecule has 4 heteroatoms. The molecule has 0 atom stereocenters. The van der Waals surface area contributed by atoms with Gasteiger partial charge < -0.3 is 16.4 Å². The van der Waals surface area contributed by atoms with E-state index < -0.39 is 0 Å². The number of amides is 1. The van der Waals surface area contributed by atoms with Gasteiger partial charge in [-0.3, -0.25) is 4.79 Å². The maximum absolute atomic E-state index is 12.0. The Morgan fingerprint density at radius 1 is 1.42 bits per heavy atom. The maximum atomic E-state index is 12.0. The number of benzene rings is 1. The van der Waals surface area contributed by atoms with E-state index in [0.29, 0.717) is 23.2 Å². The standard InChI is InChI=1S/C15H23N3O/c1-3-17-14(19)12-6-5-11(16)9-13(12)18-10-15(2)7-4-8-15/h5-6,9,18H,3-4,7-8,10,16H2,1-2H3,(H,17,19). The van der Waals surface area contributed by atoms with Crippen molar-refractivity contribution in [1.29, 1.82) is 0 Å². The molecule has 1 fully saturated rings. The molecule has 0 saturated heterocycles. The Morgan fingerprint density at radius 3 is 2.74 bits per heavy atom. The van der Waals surface area contributed by atoms with Crippen LogP contribution in [0.1, 0.15) is 43.5 Å². The van der Waals surface area contributed by atoms with Gasteiger partial charge in [0.1, 0.15) is 0 Å². The van der Waals surface area contributed by atoms with Crippen molar-refractivity contribution >= 4 is 17.3 Å². The molecular formula is C15H23N3O. The largest absolute Gasteiger partial charge is 0.399 e. The second kappa shape index (κ2) is 5.51. The average Bonchev–Trinajstić information content (AvgIpc) is 2.34. The third-order valence-electron chi connectivity index (χ3n) is 3.89. The first-order valence-corrected chi connectivity index (χ1v) is 6.96. The molecule has 104 valence electrons. The van der Waals surface area contributed by atoms with Gasteiger partial charge in [-0.25, -0.2) is 0 Å². The fourth-order valence-electron chi connectivity index (χ4n) is 2.43. The lowest BCUT2D eigenvalue weighted by atomic mass is 9.70. The zero-order chi connectivity index (χ0) is 13.9. The summed E-state index contributed by atoms with van der Waals surface area (Å²) in [6, 6.07) is 5.39. The minimum Gasteiger partial charge on any atom is -0.399 e. The van der Waals surface area contributed by atoms with Gasteiger partial charge in [0.05, 0.1) is 5.56 Å². The van der Waals surface area contributed by atoms with Crippen molar-refractivity contribution in [3.05, 3.63) is 23.8 Å². The van der Waals surface area contributed by atoms with Crippen molar-refractivity contribution in [3.63, 3.8) is 0 Å². The zero-order valence-corrected chi connectivity index (χ0v) is 11.8. The normalized spacial score (nSPS) is 16.5. The van der Waals surface area contributed by atoms with Crippen LogP contribution in [0.2, 0.25) is 0 Å². The highest BCUT2D eigenvalue weighted by Gasteiger charge is 2.31. The molecule has 1 amide bonds. The van der Waals surface area contributed by atoms with Gasteiger partial charge in [-0.1, -0.05) is 13.3 Å². The van der Waals surface area contributed by atoms with Crippen molar-refractivity contribution < 1.29 is 4.79 Å². The lowest BCUT2D eigenvalue weighted by molar-refractivity contribution is 0.0956. The van der Waals surface area contributed by atoms with Crippen molar-refractivity contribution in [3.8, 4) is 0 Å². The van der Waals surface area contributed by atoms with Crippen LogP contribution in [0.4, 0.5) is 11.4 Å². The second-order valence-corrected chi connectivity index (χ2v) is 5.68. The van der Waals surface area contributed by atoms with Gasteiger partial charge in [-0.05, 0) is 43.4 Å². The quantitative estimate of drug-likeness (QED) is 0.714. The topological polar surface area (TPSA) is 67.2 Å². The fraction of sp³-hybridized carbons (Fsp3) is 0.533. The summed E-state index contributed by atoms with van der Waals surface area (Å²) in [6.07, 6.45) is 3.80. The zero-order valence-electron chi connectivity index (χ0n) is 11.8. The Labute approximate surface area is 114 Å². The molecule has 1 aromatic rings.